The number of hydrogen-bond acceptors (Lipinski definition) is 6. The van der Waals surface area contributed by atoms with E-state index in [1.165, 1.54) is 5.56 Å². The van der Waals surface area contributed by atoms with Gasteiger partial charge >= 0.3 is 0 Å². The van der Waals surface area contributed by atoms with Gasteiger partial charge in [0.2, 0.25) is 0 Å². The monoisotopic (exact) mass is 577 g/mol. The number of allylic oxidation sites excluding steroid dienone is 1. The van der Waals surface area contributed by atoms with Gasteiger partial charge in [-0.05, 0) is 74.4 Å². The number of anilines is 3. The lowest BCUT2D eigenvalue weighted by Crippen LogP contribution is -2.46. The SMILES string of the molecule is COC/C=C/Cn1c(C)cc(-c2ccccc2)c1C(=O)C(=O)Nc1ccc(N2CCN(c3cc(C)cc(C)n3)CC2)cc1. The highest BCUT2D eigenvalue weighted by Gasteiger charge is 2.26. The molecule has 1 saturated heterocycles. The molecule has 8 heteroatoms. The maximum absolute atomic E-state index is 13.7. The van der Waals surface area contributed by atoms with Crippen molar-refractivity contribution < 1.29 is 14.3 Å². The molecule has 1 aliphatic heterocycles. The number of pyridine rings is 1. The first-order chi connectivity index (χ1) is 20.8. The van der Waals surface area contributed by atoms with Gasteiger partial charge in [-0.15, -0.1) is 0 Å². The Morgan fingerprint density at radius 3 is 2.26 bits per heavy atom. The van der Waals surface area contributed by atoms with Gasteiger partial charge in [-0.3, -0.25) is 9.59 Å². The highest BCUT2D eigenvalue weighted by molar-refractivity contribution is 6.47. The summed E-state index contributed by atoms with van der Waals surface area (Å²) >= 11 is 0. The second-order valence-electron chi connectivity index (χ2n) is 10.9. The molecule has 3 heterocycles. The van der Waals surface area contributed by atoms with E-state index in [1.54, 1.807) is 7.11 Å². The van der Waals surface area contributed by atoms with Gasteiger partial charge in [0.15, 0.2) is 0 Å². The van der Waals surface area contributed by atoms with Crippen LogP contribution in [0.2, 0.25) is 0 Å². The van der Waals surface area contributed by atoms with Gasteiger partial charge in [-0.1, -0.05) is 42.5 Å². The third kappa shape index (κ3) is 7.04. The van der Waals surface area contributed by atoms with Crippen LogP contribution in [0.25, 0.3) is 11.1 Å². The number of benzene rings is 2. The Kier molecular flexibility index (Phi) is 9.37. The lowest BCUT2D eigenvalue weighted by molar-refractivity contribution is -0.112. The standard InChI is InChI=1S/C35H39N5O3/c1-25-22-26(2)36-32(23-25)39-19-17-38(18-20-39)30-14-12-29(13-15-30)37-35(42)34(41)33-31(28-10-6-5-7-11-28)24-27(3)40(33)16-8-9-21-43-4/h5-15,22-24H,16-21H2,1-4H3,(H,37,42)/b9-8+. The number of carbonyl (C=O) groups excluding carboxylic acids is 2. The molecule has 1 N–H and O–H groups in total. The molecule has 1 amide bonds. The van der Waals surface area contributed by atoms with Crippen molar-refractivity contribution in [1.82, 2.24) is 9.55 Å². The number of nitrogens with zero attached hydrogens (tertiary/aromatic N) is 4. The molecule has 5 rings (SSSR count). The van der Waals surface area contributed by atoms with Crippen LogP contribution in [0, 0.1) is 20.8 Å². The zero-order chi connectivity index (χ0) is 30.3. The van der Waals surface area contributed by atoms with Crippen LogP contribution in [-0.4, -0.2) is 61.1 Å². The summed E-state index contributed by atoms with van der Waals surface area (Å²) in [5, 5.41) is 2.83. The summed E-state index contributed by atoms with van der Waals surface area (Å²) in [6.07, 6.45) is 3.84. The number of rotatable bonds is 10. The van der Waals surface area contributed by atoms with Crippen LogP contribution in [0.3, 0.4) is 0 Å². The maximum atomic E-state index is 13.7. The third-order valence-corrected chi connectivity index (χ3v) is 7.71. The quantitative estimate of drug-likeness (QED) is 0.145. The summed E-state index contributed by atoms with van der Waals surface area (Å²) in [6, 6.07) is 23.6. The van der Waals surface area contributed by atoms with Crippen molar-refractivity contribution >= 4 is 28.9 Å². The van der Waals surface area contributed by atoms with Crippen molar-refractivity contribution in [3.05, 3.63) is 108 Å². The lowest BCUT2D eigenvalue weighted by Gasteiger charge is -2.37. The Hall–Kier alpha value is -4.69. The summed E-state index contributed by atoms with van der Waals surface area (Å²) in [6.45, 7) is 10.5. The van der Waals surface area contributed by atoms with E-state index in [1.807, 2.05) is 91.2 Å². The molecule has 4 aromatic rings. The van der Waals surface area contributed by atoms with Gasteiger partial charge in [-0.2, -0.15) is 0 Å². The van der Waals surface area contributed by atoms with Crippen LogP contribution in [0.1, 0.15) is 27.4 Å². The molecule has 43 heavy (non-hydrogen) atoms. The summed E-state index contributed by atoms with van der Waals surface area (Å²) < 4.78 is 6.99. The van der Waals surface area contributed by atoms with Crippen LogP contribution in [0.4, 0.5) is 17.2 Å². The molecular weight excluding hydrogens is 538 g/mol. The number of hydrogen-bond donors (Lipinski definition) is 1. The van der Waals surface area contributed by atoms with Gasteiger partial charge < -0.3 is 24.4 Å². The minimum atomic E-state index is -0.667. The number of amides is 1. The number of ketones is 1. The summed E-state index contributed by atoms with van der Waals surface area (Å²) in [5.74, 6) is -0.213. The number of methoxy groups -OCH3 is 1. The van der Waals surface area contributed by atoms with Gasteiger partial charge in [0.05, 0.1) is 6.61 Å². The molecule has 2 aromatic carbocycles. The second kappa shape index (κ2) is 13.5. The summed E-state index contributed by atoms with van der Waals surface area (Å²) in [7, 11) is 1.63. The molecule has 222 valence electrons. The largest absolute Gasteiger partial charge is 0.381 e. The van der Waals surface area contributed by atoms with Crippen molar-refractivity contribution in [2.45, 2.75) is 27.3 Å². The molecule has 0 unspecified atom stereocenters. The zero-order valence-corrected chi connectivity index (χ0v) is 25.3. The van der Waals surface area contributed by atoms with E-state index in [0.29, 0.717) is 24.5 Å². The number of aryl methyl sites for hydroxylation is 3. The fourth-order valence-corrected chi connectivity index (χ4v) is 5.57. The van der Waals surface area contributed by atoms with Crippen LogP contribution in [0.15, 0.2) is 84.9 Å². The summed E-state index contributed by atoms with van der Waals surface area (Å²) in [4.78, 5) is 36.3. The van der Waals surface area contributed by atoms with Crippen molar-refractivity contribution in [2.24, 2.45) is 0 Å². The molecule has 8 nitrogen and oxygen atoms in total. The molecule has 0 atom stereocenters. The predicted molar refractivity (Wildman–Crippen MR) is 173 cm³/mol. The maximum Gasteiger partial charge on any atom is 0.298 e. The molecular formula is C35H39N5O3. The summed E-state index contributed by atoms with van der Waals surface area (Å²) in [5.41, 5.74) is 6.81. The highest BCUT2D eigenvalue weighted by atomic mass is 16.5. The lowest BCUT2D eigenvalue weighted by atomic mass is 10.0. The molecule has 2 aromatic heterocycles. The molecule has 0 saturated carbocycles. The first kappa shape index (κ1) is 29.8. The van der Waals surface area contributed by atoms with E-state index < -0.39 is 11.7 Å². The molecule has 1 aliphatic rings. The Morgan fingerprint density at radius 1 is 0.884 bits per heavy atom. The van der Waals surface area contributed by atoms with E-state index in [0.717, 1.165) is 60.2 Å². The minimum absolute atomic E-state index is 0.371. The van der Waals surface area contributed by atoms with E-state index in [4.69, 9.17) is 9.72 Å². The van der Waals surface area contributed by atoms with Crippen LogP contribution in [0.5, 0.6) is 0 Å². The van der Waals surface area contributed by atoms with Gasteiger partial charge in [-0.25, -0.2) is 4.98 Å². The van der Waals surface area contributed by atoms with E-state index in [9.17, 15) is 9.59 Å². The Morgan fingerprint density at radius 2 is 1.58 bits per heavy atom. The van der Waals surface area contributed by atoms with Crippen molar-refractivity contribution in [2.75, 3.05) is 55.0 Å². The topological polar surface area (TPSA) is 79.7 Å². The molecule has 0 radical (unpaired) electrons. The smallest absolute Gasteiger partial charge is 0.298 e. The Balaban J connectivity index is 1.27. The van der Waals surface area contributed by atoms with Gasteiger partial charge in [0.1, 0.15) is 11.5 Å². The van der Waals surface area contributed by atoms with Crippen molar-refractivity contribution in [3.63, 3.8) is 0 Å². The number of ether oxygens (including phenoxy) is 1. The molecule has 0 bridgehead atoms. The average molecular weight is 578 g/mol. The molecule has 0 spiro atoms. The first-order valence-corrected chi connectivity index (χ1v) is 14.6. The average Bonchev–Trinajstić information content (AvgIpc) is 3.35. The van der Waals surface area contributed by atoms with Gasteiger partial charge in [0, 0.05) is 68.2 Å². The van der Waals surface area contributed by atoms with Crippen molar-refractivity contribution in [3.8, 4) is 11.1 Å². The zero-order valence-electron chi connectivity index (χ0n) is 25.3. The number of Topliss-reactive ketones (excluding diaryl/α,β-unsaturated/α-hetero) is 1. The molecule has 0 aliphatic carbocycles. The van der Waals surface area contributed by atoms with E-state index in [-0.39, 0.29) is 0 Å². The second-order valence-corrected chi connectivity index (χ2v) is 10.9. The van der Waals surface area contributed by atoms with Crippen LogP contribution in [-0.2, 0) is 16.1 Å². The molecule has 1 fully saturated rings. The number of piperazine rings is 1. The van der Waals surface area contributed by atoms with Crippen molar-refractivity contribution in [1.29, 1.82) is 0 Å². The predicted octanol–water partition coefficient (Wildman–Crippen LogP) is 5.83. The number of nitrogens with one attached hydrogen (secondary N) is 1. The number of aromatic nitrogens is 2. The highest BCUT2D eigenvalue weighted by Crippen LogP contribution is 2.29. The first-order valence-electron chi connectivity index (χ1n) is 14.6. The fraction of sp³-hybridized carbons (Fsp3) is 0.286. The third-order valence-electron chi connectivity index (χ3n) is 7.71. The minimum Gasteiger partial charge on any atom is -0.381 e. The number of carbonyl (C=O) groups is 2. The van der Waals surface area contributed by atoms with E-state index >= 15 is 0 Å². The van der Waals surface area contributed by atoms with E-state index in [2.05, 4.69) is 34.2 Å². The van der Waals surface area contributed by atoms with Gasteiger partial charge in [0.25, 0.3) is 11.7 Å². The van der Waals surface area contributed by atoms with Crippen LogP contribution < -0.4 is 15.1 Å². The Labute approximate surface area is 253 Å². The normalized spacial score (nSPS) is 13.5. The Bertz CT molecular complexity index is 1580. The fourth-order valence-electron chi connectivity index (χ4n) is 5.57. The van der Waals surface area contributed by atoms with Crippen LogP contribution >= 0.6 is 0 Å².